The molecule has 0 bridgehead atoms. The lowest BCUT2D eigenvalue weighted by Crippen LogP contribution is -2.33. The number of nitrogens with one attached hydrogen (secondary N) is 1. The minimum absolute atomic E-state index is 0.500. The minimum atomic E-state index is 0.500. The molecule has 3 heteroatoms. The van der Waals surface area contributed by atoms with Crippen LogP contribution in [-0.4, -0.2) is 11.5 Å². The van der Waals surface area contributed by atoms with Crippen LogP contribution in [0.25, 0.3) is 0 Å². The first-order valence-electron chi connectivity index (χ1n) is 5.03. The zero-order valence-corrected chi connectivity index (χ0v) is 9.14. The van der Waals surface area contributed by atoms with Gasteiger partial charge in [-0.2, -0.15) is 0 Å². The van der Waals surface area contributed by atoms with Crippen molar-refractivity contribution in [1.82, 2.24) is 4.98 Å². The van der Waals surface area contributed by atoms with Crippen molar-refractivity contribution in [1.29, 1.82) is 0 Å². The lowest BCUT2D eigenvalue weighted by molar-refractivity contribution is 0.180. The average molecular weight is 211 g/mol. The Morgan fingerprint density at radius 1 is 1.50 bits per heavy atom. The summed E-state index contributed by atoms with van der Waals surface area (Å²) in [7, 11) is 0. The summed E-state index contributed by atoms with van der Waals surface area (Å²) in [6.07, 6.45) is 5.82. The highest BCUT2D eigenvalue weighted by Crippen LogP contribution is 2.40. The van der Waals surface area contributed by atoms with Crippen LogP contribution in [0.1, 0.15) is 26.2 Å². The molecule has 0 radical (unpaired) electrons. The molecule has 76 valence electrons. The Balaban J connectivity index is 1.88. The van der Waals surface area contributed by atoms with Crippen LogP contribution in [-0.2, 0) is 0 Å². The SMILES string of the molecule is CC1(CNc2ccc(Cl)nc2)CCC1. The van der Waals surface area contributed by atoms with Gasteiger partial charge in [0, 0.05) is 6.54 Å². The van der Waals surface area contributed by atoms with Crippen LogP contribution in [0, 0.1) is 5.41 Å². The molecule has 1 N–H and O–H groups in total. The van der Waals surface area contributed by atoms with Crippen molar-refractivity contribution in [2.45, 2.75) is 26.2 Å². The highest BCUT2D eigenvalue weighted by Gasteiger charge is 2.31. The van der Waals surface area contributed by atoms with Crippen molar-refractivity contribution in [2.75, 3.05) is 11.9 Å². The molecule has 14 heavy (non-hydrogen) atoms. The molecule has 2 nitrogen and oxygen atoms in total. The first kappa shape index (κ1) is 9.78. The number of nitrogens with zero attached hydrogens (tertiary/aromatic N) is 1. The highest BCUT2D eigenvalue weighted by atomic mass is 35.5. The predicted octanol–water partition coefficient (Wildman–Crippen LogP) is 3.34. The molecule has 0 aliphatic heterocycles. The molecule has 0 amide bonds. The molecular weight excluding hydrogens is 196 g/mol. The van der Waals surface area contributed by atoms with E-state index in [2.05, 4.69) is 17.2 Å². The minimum Gasteiger partial charge on any atom is -0.383 e. The van der Waals surface area contributed by atoms with Crippen LogP contribution in [0.5, 0.6) is 0 Å². The molecule has 1 aromatic heterocycles. The van der Waals surface area contributed by atoms with E-state index in [0.29, 0.717) is 10.6 Å². The van der Waals surface area contributed by atoms with Crippen LogP contribution in [0.2, 0.25) is 5.15 Å². The monoisotopic (exact) mass is 210 g/mol. The van der Waals surface area contributed by atoms with E-state index in [9.17, 15) is 0 Å². The van der Waals surface area contributed by atoms with Crippen molar-refractivity contribution in [2.24, 2.45) is 5.41 Å². The third-order valence-corrected chi connectivity index (χ3v) is 3.23. The number of anilines is 1. The Morgan fingerprint density at radius 3 is 2.79 bits per heavy atom. The highest BCUT2D eigenvalue weighted by molar-refractivity contribution is 6.29. The molecule has 1 heterocycles. The summed E-state index contributed by atoms with van der Waals surface area (Å²) < 4.78 is 0. The van der Waals surface area contributed by atoms with Gasteiger partial charge >= 0.3 is 0 Å². The van der Waals surface area contributed by atoms with E-state index in [1.807, 2.05) is 12.1 Å². The predicted molar refractivity (Wildman–Crippen MR) is 59.7 cm³/mol. The maximum absolute atomic E-state index is 5.70. The molecule has 0 aromatic carbocycles. The third-order valence-electron chi connectivity index (χ3n) is 3.01. The Hall–Kier alpha value is -0.760. The largest absolute Gasteiger partial charge is 0.383 e. The van der Waals surface area contributed by atoms with E-state index >= 15 is 0 Å². The van der Waals surface area contributed by atoms with Gasteiger partial charge in [-0.3, -0.25) is 0 Å². The zero-order chi connectivity index (χ0) is 10.0. The van der Waals surface area contributed by atoms with Gasteiger partial charge in [-0.1, -0.05) is 24.9 Å². The summed E-state index contributed by atoms with van der Waals surface area (Å²) in [4.78, 5) is 4.03. The molecule has 0 spiro atoms. The van der Waals surface area contributed by atoms with Gasteiger partial charge in [0.1, 0.15) is 5.15 Å². The van der Waals surface area contributed by atoms with Crippen LogP contribution in [0.15, 0.2) is 18.3 Å². The Labute approximate surface area is 89.7 Å². The van der Waals surface area contributed by atoms with Crippen LogP contribution in [0.3, 0.4) is 0 Å². The normalized spacial score (nSPS) is 18.7. The molecule has 1 aliphatic rings. The molecule has 0 saturated heterocycles. The van der Waals surface area contributed by atoms with Gasteiger partial charge in [-0.15, -0.1) is 0 Å². The molecule has 0 atom stereocenters. The standard InChI is InChI=1S/C11H15ClN2/c1-11(5-2-6-11)8-14-9-3-4-10(12)13-7-9/h3-4,7,14H,2,5-6,8H2,1H3. The second-order valence-corrected chi connectivity index (χ2v) is 4.77. The smallest absolute Gasteiger partial charge is 0.129 e. The van der Waals surface area contributed by atoms with Crippen LogP contribution < -0.4 is 5.32 Å². The van der Waals surface area contributed by atoms with Crippen molar-refractivity contribution in [3.63, 3.8) is 0 Å². The van der Waals surface area contributed by atoms with Gasteiger partial charge < -0.3 is 5.32 Å². The molecule has 1 aromatic rings. The van der Waals surface area contributed by atoms with E-state index in [0.717, 1.165) is 12.2 Å². The Bertz CT molecular complexity index is 304. The summed E-state index contributed by atoms with van der Waals surface area (Å²) in [6, 6.07) is 3.78. The average Bonchev–Trinajstić information content (AvgIpc) is 2.14. The van der Waals surface area contributed by atoms with Gasteiger partial charge in [0.25, 0.3) is 0 Å². The van der Waals surface area contributed by atoms with Crippen molar-refractivity contribution >= 4 is 17.3 Å². The molecule has 2 rings (SSSR count). The lowest BCUT2D eigenvalue weighted by Gasteiger charge is -2.38. The van der Waals surface area contributed by atoms with E-state index in [-0.39, 0.29) is 0 Å². The number of rotatable bonds is 3. The van der Waals surface area contributed by atoms with Crippen molar-refractivity contribution in [3.8, 4) is 0 Å². The third kappa shape index (κ3) is 2.18. The quantitative estimate of drug-likeness (QED) is 0.775. The Morgan fingerprint density at radius 2 is 2.29 bits per heavy atom. The summed E-state index contributed by atoms with van der Waals surface area (Å²) >= 11 is 5.70. The van der Waals surface area contributed by atoms with E-state index in [4.69, 9.17) is 11.6 Å². The summed E-state index contributed by atoms with van der Waals surface area (Å²) in [5.74, 6) is 0. The Kier molecular flexibility index (Phi) is 2.64. The first-order valence-corrected chi connectivity index (χ1v) is 5.41. The summed E-state index contributed by atoms with van der Waals surface area (Å²) in [5.41, 5.74) is 1.56. The van der Waals surface area contributed by atoms with Crippen LogP contribution >= 0.6 is 11.6 Å². The molecular formula is C11H15ClN2. The fraction of sp³-hybridized carbons (Fsp3) is 0.545. The zero-order valence-electron chi connectivity index (χ0n) is 8.39. The van der Waals surface area contributed by atoms with Gasteiger partial charge in [0.05, 0.1) is 11.9 Å². The van der Waals surface area contributed by atoms with E-state index in [1.165, 1.54) is 19.3 Å². The maximum Gasteiger partial charge on any atom is 0.129 e. The lowest BCUT2D eigenvalue weighted by atomic mass is 9.70. The molecule has 1 fully saturated rings. The summed E-state index contributed by atoms with van der Waals surface area (Å²) in [5, 5.41) is 3.94. The number of halogens is 1. The topological polar surface area (TPSA) is 24.9 Å². The van der Waals surface area contributed by atoms with Crippen LogP contribution in [0.4, 0.5) is 5.69 Å². The number of aromatic nitrogens is 1. The van der Waals surface area contributed by atoms with Crippen molar-refractivity contribution in [3.05, 3.63) is 23.5 Å². The van der Waals surface area contributed by atoms with Gasteiger partial charge in [0.15, 0.2) is 0 Å². The second-order valence-electron chi connectivity index (χ2n) is 4.39. The summed E-state index contributed by atoms with van der Waals surface area (Å²) in [6.45, 7) is 3.36. The first-order chi connectivity index (χ1) is 6.68. The fourth-order valence-electron chi connectivity index (χ4n) is 1.75. The van der Waals surface area contributed by atoms with Gasteiger partial charge in [-0.05, 0) is 30.4 Å². The maximum atomic E-state index is 5.70. The van der Waals surface area contributed by atoms with E-state index in [1.54, 1.807) is 6.20 Å². The van der Waals surface area contributed by atoms with Crippen molar-refractivity contribution < 1.29 is 0 Å². The molecule has 0 unspecified atom stereocenters. The number of hydrogen-bond donors (Lipinski definition) is 1. The van der Waals surface area contributed by atoms with Gasteiger partial charge in [-0.25, -0.2) is 4.98 Å². The molecule has 1 aliphatic carbocycles. The second kappa shape index (κ2) is 3.77. The van der Waals surface area contributed by atoms with E-state index < -0.39 is 0 Å². The number of hydrogen-bond acceptors (Lipinski definition) is 2. The fourth-order valence-corrected chi connectivity index (χ4v) is 1.86. The van der Waals surface area contributed by atoms with Gasteiger partial charge in [0.2, 0.25) is 0 Å². The molecule has 1 saturated carbocycles. The number of pyridine rings is 1.